The molecular formula is C12H19ClN4. The number of nitrogens with two attached hydrogens (primary N) is 1. The Morgan fingerprint density at radius 3 is 2.88 bits per heavy atom. The summed E-state index contributed by atoms with van der Waals surface area (Å²) in [5.41, 5.74) is 3.74. The third kappa shape index (κ3) is 4.63. The summed E-state index contributed by atoms with van der Waals surface area (Å²) in [4.78, 5) is 6.31. The number of benzene rings is 1. The van der Waals surface area contributed by atoms with Gasteiger partial charge in [-0.1, -0.05) is 30.7 Å². The number of hydrazine groups is 1. The molecule has 0 saturated carbocycles. The van der Waals surface area contributed by atoms with Gasteiger partial charge < -0.3 is 4.90 Å². The van der Waals surface area contributed by atoms with E-state index in [0.717, 1.165) is 23.6 Å². The number of guanidine groups is 1. The molecule has 0 amide bonds. The van der Waals surface area contributed by atoms with Gasteiger partial charge >= 0.3 is 0 Å². The highest BCUT2D eigenvalue weighted by molar-refractivity contribution is 6.30. The van der Waals surface area contributed by atoms with E-state index in [1.54, 1.807) is 0 Å². The second-order valence-corrected chi connectivity index (χ2v) is 4.27. The molecule has 3 N–H and O–H groups in total. The van der Waals surface area contributed by atoms with Gasteiger partial charge in [0.05, 0.1) is 0 Å². The molecule has 0 heterocycles. The molecule has 0 aliphatic carbocycles. The van der Waals surface area contributed by atoms with E-state index in [9.17, 15) is 0 Å². The number of nitrogens with zero attached hydrogens (tertiary/aromatic N) is 2. The number of nitrogens with one attached hydrogen (secondary N) is 1. The van der Waals surface area contributed by atoms with Crippen molar-refractivity contribution in [3.05, 3.63) is 34.9 Å². The molecule has 0 aromatic heterocycles. The van der Waals surface area contributed by atoms with E-state index in [-0.39, 0.29) is 0 Å². The van der Waals surface area contributed by atoms with Gasteiger partial charge in [0, 0.05) is 25.2 Å². The summed E-state index contributed by atoms with van der Waals surface area (Å²) in [5.74, 6) is 6.14. The van der Waals surface area contributed by atoms with E-state index in [1.807, 2.05) is 36.2 Å². The number of halogens is 1. The molecule has 4 nitrogen and oxygen atoms in total. The number of aliphatic imine (C=N–C) groups is 1. The molecule has 0 radical (unpaired) electrons. The lowest BCUT2D eigenvalue weighted by atomic mass is 10.2. The van der Waals surface area contributed by atoms with Crippen LogP contribution in [0.5, 0.6) is 0 Å². The molecule has 1 rings (SSSR count). The molecule has 0 aliphatic rings. The van der Waals surface area contributed by atoms with Crippen molar-refractivity contribution in [1.82, 2.24) is 10.3 Å². The zero-order valence-electron chi connectivity index (χ0n) is 10.3. The van der Waals surface area contributed by atoms with E-state index in [4.69, 9.17) is 17.4 Å². The summed E-state index contributed by atoms with van der Waals surface area (Å²) in [6, 6.07) is 7.75. The fraction of sp³-hybridized carbons (Fsp3) is 0.417. The molecule has 0 spiro atoms. The normalized spacial score (nSPS) is 11.4. The van der Waals surface area contributed by atoms with Crippen molar-refractivity contribution in [2.24, 2.45) is 10.8 Å². The maximum atomic E-state index is 5.94. The average molecular weight is 255 g/mol. The summed E-state index contributed by atoms with van der Waals surface area (Å²) < 4.78 is 0. The van der Waals surface area contributed by atoms with Gasteiger partial charge in [-0.2, -0.15) is 0 Å². The monoisotopic (exact) mass is 254 g/mol. The molecule has 17 heavy (non-hydrogen) atoms. The van der Waals surface area contributed by atoms with E-state index in [1.165, 1.54) is 0 Å². The van der Waals surface area contributed by atoms with Crippen molar-refractivity contribution in [3.8, 4) is 0 Å². The highest BCUT2D eigenvalue weighted by Gasteiger charge is 2.05. The molecule has 94 valence electrons. The van der Waals surface area contributed by atoms with Gasteiger partial charge in [0.25, 0.3) is 0 Å². The van der Waals surface area contributed by atoms with Crippen molar-refractivity contribution < 1.29 is 0 Å². The predicted octanol–water partition coefficient (Wildman–Crippen LogP) is 2.00. The summed E-state index contributed by atoms with van der Waals surface area (Å²) >= 11 is 5.94. The van der Waals surface area contributed by atoms with Gasteiger partial charge in [-0.25, -0.2) is 5.84 Å². The van der Waals surface area contributed by atoms with Gasteiger partial charge in [-0.15, -0.1) is 0 Å². The van der Waals surface area contributed by atoms with Crippen molar-refractivity contribution >= 4 is 17.6 Å². The lowest BCUT2D eigenvalue weighted by molar-refractivity contribution is 0.477. The van der Waals surface area contributed by atoms with Crippen LogP contribution in [-0.2, 0) is 6.54 Å². The molecule has 0 fully saturated rings. The maximum absolute atomic E-state index is 5.94. The molecule has 0 saturated heterocycles. The van der Waals surface area contributed by atoms with Crippen LogP contribution in [0.1, 0.15) is 18.9 Å². The van der Waals surface area contributed by atoms with Gasteiger partial charge in [0.15, 0.2) is 0 Å². The average Bonchev–Trinajstić information content (AvgIpc) is 2.30. The van der Waals surface area contributed by atoms with Crippen LogP contribution in [0.25, 0.3) is 0 Å². The zero-order chi connectivity index (χ0) is 12.7. The van der Waals surface area contributed by atoms with Crippen molar-refractivity contribution in [2.45, 2.75) is 19.9 Å². The Bertz CT molecular complexity index is 379. The zero-order valence-corrected chi connectivity index (χ0v) is 11.0. The third-order valence-electron chi connectivity index (χ3n) is 2.28. The maximum Gasteiger partial charge on any atom is 0.208 e. The second-order valence-electron chi connectivity index (χ2n) is 3.84. The number of hydrogen-bond donors (Lipinski definition) is 2. The fourth-order valence-electron chi connectivity index (χ4n) is 1.48. The molecule has 1 aromatic carbocycles. The molecule has 0 unspecified atom stereocenters. The number of rotatable bonds is 4. The van der Waals surface area contributed by atoms with Gasteiger partial charge in [0.1, 0.15) is 0 Å². The molecule has 0 bridgehead atoms. The van der Waals surface area contributed by atoms with Crippen LogP contribution >= 0.6 is 11.6 Å². The van der Waals surface area contributed by atoms with E-state index >= 15 is 0 Å². The van der Waals surface area contributed by atoms with Crippen LogP contribution in [-0.4, -0.2) is 24.5 Å². The van der Waals surface area contributed by atoms with Crippen LogP contribution in [0.4, 0.5) is 0 Å². The fourth-order valence-corrected chi connectivity index (χ4v) is 1.69. The van der Waals surface area contributed by atoms with Crippen LogP contribution < -0.4 is 11.3 Å². The Balaban J connectivity index is 2.67. The predicted molar refractivity (Wildman–Crippen MR) is 72.8 cm³/mol. The number of hydrogen-bond acceptors (Lipinski definition) is 2. The van der Waals surface area contributed by atoms with Crippen LogP contribution in [0.3, 0.4) is 0 Å². The highest BCUT2D eigenvalue weighted by atomic mass is 35.5. The highest BCUT2D eigenvalue weighted by Crippen LogP contribution is 2.12. The Morgan fingerprint density at radius 2 is 2.29 bits per heavy atom. The smallest absolute Gasteiger partial charge is 0.208 e. The minimum absolute atomic E-state index is 0.687. The van der Waals surface area contributed by atoms with Crippen LogP contribution in [0.2, 0.25) is 5.02 Å². The first-order valence-electron chi connectivity index (χ1n) is 5.64. The molecule has 5 heteroatoms. The quantitative estimate of drug-likeness (QED) is 0.374. The van der Waals surface area contributed by atoms with Gasteiger partial charge in [-0.3, -0.25) is 10.4 Å². The minimum atomic E-state index is 0.687. The Hall–Kier alpha value is -1.26. The van der Waals surface area contributed by atoms with Crippen molar-refractivity contribution in [2.75, 3.05) is 13.6 Å². The Morgan fingerprint density at radius 1 is 1.53 bits per heavy atom. The SMILES string of the molecule is CCCN=C(NN)N(C)Cc1cccc(Cl)c1. The van der Waals surface area contributed by atoms with Crippen LogP contribution in [0.15, 0.2) is 29.3 Å². The van der Waals surface area contributed by atoms with Gasteiger partial charge in [0.2, 0.25) is 5.96 Å². The molecule has 1 aromatic rings. The summed E-state index contributed by atoms with van der Waals surface area (Å²) in [6.07, 6.45) is 0.996. The summed E-state index contributed by atoms with van der Waals surface area (Å²) in [7, 11) is 1.94. The Labute approximate surface area is 107 Å². The largest absolute Gasteiger partial charge is 0.341 e. The van der Waals surface area contributed by atoms with Gasteiger partial charge in [-0.05, 0) is 24.1 Å². The third-order valence-corrected chi connectivity index (χ3v) is 2.52. The first-order chi connectivity index (χ1) is 8.17. The van der Waals surface area contributed by atoms with E-state index in [2.05, 4.69) is 17.3 Å². The first-order valence-corrected chi connectivity index (χ1v) is 6.01. The van der Waals surface area contributed by atoms with Crippen LogP contribution in [0, 0.1) is 0 Å². The summed E-state index contributed by atoms with van der Waals surface area (Å²) in [6.45, 7) is 3.56. The second kappa shape index (κ2) is 7.14. The van der Waals surface area contributed by atoms with E-state index < -0.39 is 0 Å². The minimum Gasteiger partial charge on any atom is -0.341 e. The first kappa shape index (κ1) is 13.8. The summed E-state index contributed by atoms with van der Waals surface area (Å²) in [5, 5.41) is 0.739. The lowest BCUT2D eigenvalue weighted by Gasteiger charge is -2.20. The van der Waals surface area contributed by atoms with Crippen molar-refractivity contribution in [1.29, 1.82) is 0 Å². The van der Waals surface area contributed by atoms with E-state index in [0.29, 0.717) is 12.5 Å². The topological polar surface area (TPSA) is 53.6 Å². The lowest BCUT2D eigenvalue weighted by Crippen LogP contribution is -2.42. The molecule has 0 aliphatic heterocycles. The van der Waals surface area contributed by atoms with Crippen molar-refractivity contribution in [3.63, 3.8) is 0 Å². The molecular weight excluding hydrogens is 236 g/mol. The Kier molecular flexibility index (Phi) is 5.80. The molecule has 0 atom stereocenters. The standard InChI is InChI=1S/C12H19ClN4/c1-3-7-15-12(16-14)17(2)9-10-5-4-6-11(13)8-10/h4-6,8H,3,7,9,14H2,1-2H3,(H,15,16).